The minimum Gasteiger partial charge on any atom is -0.497 e. The molecule has 1 aliphatic rings. The van der Waals surface area contributed by atoms with Crippen LogP contribution in [-0.4, -0.2) is 56.2 Å². The van der Waals surface area contributed by atoms with Gasteiger partial charge in [0.25, 0.3) is 5.91 Å². The van der Waals surface area contributed by atoms with Crippen molar-refractivity contribution in [3.8, 4) is 11.5 Å². The predicted octanol–water partition coefficient (Wildman–Crippen LogP) is 0.801. The van der Waals surface area contributed by atoms with Crippen LogP contribution in [-0.2, 0) is 9.53 Å². The lowest BCUT2D eigenvalue weighted by molar-refractivity contribution is -0.136. The number of carbonyl (C=O) groups excluding carboxylic acids is 3. The van der Waals surface area contributed by atoms with Crippen molar-refractivity contribution < 1.29 is 28.6 Å². The first-order chi connectivity index (χ1) is 11.0. The van der Waals surface area contributed by atoms with E-state index in [0.717, 1.165) is 4.90 Å². The van der Waals surface area contributed by atoms with Gasteiger partial charge in [-0.1, -0.05) is 0 Å². The Bertz CT molecular complexity index is 608. The topological polar surface area (TPSA) is 94.2 Å². The molecule has 1 unspecified atom stereocenters. The summed E-state index contributed by atoms with van der Waals surface area (Å²) in [6.07, 6.45) is -1.08. The van der Waals surface area contributed by atoms with E-state index in [9.17, 15) is 14.4 Å². The van der Waals surface area contributed by atoms with Crippen molar-refractivity contribution in [2.75, 3.05) is 27.3 Å². The average molecular weight is 322 g/mol. The monoisotopic (exact) mass is 322 g/mol. The molecule has 1 N–H and O–H groups in total. The normalized spacial score (nSPS) is 14.9. The lowest BCUT2D eigenvalue weighted by Crippen LogP contribution is -2.41. The molecule has 1 aromatic carbocycles. The first-order valence-electron chi connectivity index (χ1n) is 6.99. The summed E-state index contributed by atoms with van der Waals surface area (Å²) in [6.45, 7) is 2.06. The second kappa shape index (κ2) is 6.99. The van der Waals surface area contributed by atoms with E-state index in [2.05, 4.69) is 5.32 Å². The van der Waals surface area contributed by atoms with E-state index in [1.165, 1.54) is 33.3 Å². The highest BCUT2D eigenvalue weighted by Gasteiger charge is 2.31. The molecule has 124 valence electrons. The van der Waals surface area contributed by atoms with Crippen molar-refractivity contribution in [1.29, 1.82) is 0 Å². The number of carbonyl (C=O) groups is 3. The number of nitrogens with zero attached hydrogens (tertiary/aromatic N) is 1. The Morgan fingerprint density at radius 3 is 2.26 bits per heavy atom. The van der Waals surface area contributed by atoms with Gasteiger partial charge >= 0.3 is 12.0 Å². The maximum Gasteiger partial charge on any atom is 0.339 e. The van der Waals surface area contributed by atoms with Gasteiger partial charge in [-0.05, 0) is 19.1 Å². The van der Waals surface area contributed by atoms with Crippen molar-refractivity contribution in [3.05, 3.63) is 23.8 Å². The largest absolute Gasteiger partial charge is 0.497 e. The highest BCUT2D eigenvalue weighted by molar-refractivity contribution is 5.99. The number of benzene rings is 1. The van der Waals surface area contributed by atoms with Gasteiger partial charge in [-0.15, -0.1) is 0 Å². The molecule has 0 aliphatic carbocycles. The molecule has 1 fully saturated rings. The van der Waals surface area contributed by atoms with Gasteiger partial charge < -0.3 is 19.5 Å². The van der Waals surface area contributed by atoms with Crippen molar-refractivity contribution in [3.63, 3.8) is 0 Å². The molecule has 8 nitrogen and oxygen atoms in total. The molecule has 0 radical (unpaired) electrons. The Morgan fingerprint density at radius 2 is 1.78 bits per heavy atom. The van der Waals surface area contributed by atoms with E-state index in [1.54, 1.807) is 6.07 Å². The van der Waals surface area contributed by atoms with Crippen LogP contribution in [0.3, 0.4) is 0 Å². The molecular weight excluding hydrogens is 304 g/mol. The van der Waals surface area contributed by atoms with Crippen LogP contribution in [0.15, 0.2) is 18.2 Å². The van der Waals surface area contributed by atoms with Gasteiger partial charge in [0.05, 0.1) is 19.8 Å². The predicted molar refractivity (Wildman–Crippen MR) is 79.5 cm³/mol. The van der Waals surface area contributed by atoms with Gasteiger partial charge in [-0.3, -0.25) is 9.69 Å². The maximum absolute atomic E-state index is 12.2. The SMILES string of the molecule is COc1cc(OC)cc(C(=O)OC(C)C(=O)N2CCNC2=O)c1. The van der Waals surface area contributed by atoms with Gasteiger partial charge in [-0.25, -0.2) is 9.59 Å². The number of nitrogens with one attached hydrogen (secondary N) is 1. The van der Waals surface area contributed by atoms with Gasteiger partial charge in [0.2, 0.25) is 0 Å². The highest BCUT2D eigenvalue weighted by Crippen LogP contribution is 2.23. The summed E-state index contributed by atoms with van der Waals surface area (Å²) in [4.78, 5) is 36.8. The summed E-state index contributed by atoms with van der Waals surface area (Å²) in [5.74, 6) is -0.422. The van der Waals surface area contributed by atoms with Gasteiger partial charge in [-0.2, -0.15) is 0 Å². The Balaban J connectivity index is 2.09. The Hall–Kier alpha value is -2.77. The third-order valence-corrected chi connectivity index (χ3v) is 3.34. The molecule has 0 bridgehead atoms. The first kappa shape index (κ1) is 16.6. The fourth-order valence-corrected chi connectivity index (χ4v) is 2.11. The molecule has 23 heavy (non-hydrogen) atoms. The van der Waals surface area contributed by atoms with Crippen molar-refractivity contribution in [2.45, 2.75) is 13.0 Å². The number of imide groups is 1. The van der Waals surface area contributed by atoms with E-state index in [4.69, 9.17) is 14.2 Å². The molecule has 2 rings (SSSR count). The van der Waals surface area contributed by atoms with Crippen LogP contribution in [0.25, 0.3) is 0 Å². The van der Waals surface area contributed by atoms with E-state index in [1.807, 2.05) is 0 Å². The van der Waals surface area contributed by atoms with E-state index < -0.39 is 24.0 Å². The maximum atomic E-state index is 12.2. The number of hydrogen-bond acceptors (Lipinski definition) is 6. The van der Waals surface area contributed by atoms with Crippen LogP contribution >= 0.6 is 0 Å². The summed E-state index contributed by atoms with van der Waals surface area (Å²) in [5.41, 5.74) is 0.187. The second-order valence-corrected chi connectivity index (χ2v) is 4.87. The number of rotatable bonds is 5. The molecule has 8 heteroatoms. The zero-order valence-electron chi connectivity index (χ0n) is 13.1. The molecule has 0 saturated carbocycles. The molecule has 1 heterocycles. The first-order valence-corrected chi connectivity index (χ1v) is 6.99. The van der Waals surface area contributed by atoms with Crippen LogP contribution in [0.5, 0.6) is 11.5 Å². The molecule has 0 aromatic heterocycles. The minimum atomic E-state index is -1.08. The summed E-state index contributed by atoms with van der Waals surface area (Å²) >= 11 is 0. The van der Waals surface area contributed by atoms with Gasteiger partial charge in [0.15, 0.2) is 6.10 Å². The van der Waals surface area contributed by atoms with Crippen molar-refractivity contribution >= 4 is 17.9 Å². The summed E-state index contributed by atoms with van der Waals surface area (Å²) < 4.78 is 15.3. The van der Waals surface area contributed by atoms with Crippen LogP contribution in [0.4, 0.5) is 4.79 Å². The van der Waals surface area contributed by atoms with Crippen LogP contribution in [0, 0.1) is 0 Å². The summed E-state index contributed by atoms with van der Waals surface area (Å²) in [6, 6.07) is 4.08. The Morgan fingerprint density at radius 1 is 1.17 bits per heavy atom. The van der Waals surface area contributed by atoms with Gasteiger partial charge in [0.1, 0.15) is 11.5 Å². The zero-order chi connectivity index (χ0) is 17.0. The van der Waals surface area contributed by atoms with Crippen molar-refractivity contribution in [2.24, 2.45) is 0 Å². The van der Waals surface area contributed by atoms with Crippen molar-refractivity contribution in [1.82, 2.24) is 10.2 Å². The third-order valence-electron chi connectivity index (χ3n) is 3.34. The molecule has 1 saturated heterocycles. The number of amides is 3. The standard InChI is InChI=1S/C15H18N2O6/c1-9(13(18)17-5-4-16-15(17)20)23-14(19)10-6-11(21-2)8-12(7-10)22-3/h6-9H,4-5H2,1-3H3,(H,16,20). The second-order valence-electron chi connectivity index (χ2n) is 4.87. The fourth-order valence-electron chi connectivity index (χ4n) is 2.11. The molecular formula is C15H18N2O6. The zero-order valence-corrected chi connectivity index (χ0v) is 13.1. The van der Waals surface area contributed by atoms with E-state index in [-0.39, 0.29) is 12.1 Å². The summed E-state index contributed by atoms with van der Waals surface area (Å²) in [5, 5.41) is 2.51. The number of urea groups is 1. The lowest BCUT2D eigenvalue weighted by Gasteiger charge is -2.18. The Kier molecular flexibility index (Phi) is 5.05. The molecule has 1 atom stereocenters. The molecule has 0 spiro atoms. The molecule has 1 aromatic rings. The molecule has 1 aliphatic heterocycles. The highest BCUT2D eigenvalue weighted by atomic mass is 16.5. The molecule has 3 amide bonds. The lowest BCUT2D eigenvalue weighted by atomic mass is 10.2. The van der Waals surface area contributed by atoms with Crippen LogP contribution < -0.4 is 14.8 Å². The van der Waals surface area contributed by atoms with E-state index in [0.29, 0.717) is 18.0 Å². The smallest absolute Gasteiger partial charge is 0.339 e. The minimum absolute atomic E-state index is 0.187. The van der Waals surface area contributed by atoms with Crippen LogP contribution in [0.1, 0.15) is 17.3 Å². The number of methoxy groups -OCH3 is 2. The number of ether oxygens (including phenoxy) is 3. The van der Waals surface area contributed by atoms with Crippen LogP contribution in [0.2, 0.25) is 0 Å². The third kappa shape index (κ3) is 3.71. The fraction of sp³-hybridized carbons (Fsp3) is 0.400. The average Bonchev–Trinajstić information content (AvgIpc) is 2.99. The van der Waals surface area contributed by atoms with E-state index >= 15 is 0 Å². The quantitative estimate of drug-likeness (QED) is 0.806. The Labute approximate surface area is 133 Å². The summed E-state index contributed by atoms with van der Waals surface area (Å²) in [7, 11) is 2.92. The number of esters is 1. The van der Waals surface area contributed by atoms with Gasteiger partial charge in [0, 0.05) is 19.2 Å². The number of hydrogen-bond donors (Lipinski definition) is 1.